The van der Waals surface area contributed by atoms with Crippen LogP contribution in [0.4, 0.5) is 0 Å². The van der Waals surface area contributed by atoms with Crippen molar-refractivity contribution in [1.29, 1.82) is 0 Å². The minimum Gasteiger partial charge on any atom is -0.489 e. The molecule has 1 fully saturated rings. The average molecular weight is 324 g/mol. The lowest BCUT2D eigenvalue weighted by Crippen LogP contribution is -2.40. The third kappa shape index (κ3) is 4.83. The Morgan fingerprint density at radius 3 is 2.54 bits per heavy atom. The number of nitrogens with one attached hydrogen (secondary N) is 2. The zero-order chi connectivity index (χ0) is 16.6. The second kappa shape index (κ2) is 8.50. The fourth-order valence-corrected chi connectivity index (χ4v) is 2.85. The summed E-state index contributed by atoms with van der Waals surface area (Å²) in [5.41, 5.74) is 2.22. The van der Waals surface area contributed by atoms with E-state index in [1.54, 1.807) is 0 Å². The summed E-state index contributed by atoms with van der Waals surface area (Å²) in [5.74, 6) is 1.13. The highest BCUT2D eigenvalue weighted by Gasteiger charge is 2.20. The van der Waals surface area contributed by atoms with Gasteiger partial charge in [0.25, 0.3) is 0 Å². The number of hydrogen-bond acceptors (Lipinski definition) is 3. The molecule has 1 unspecified atom stereocenters. The van der Waals surface area contributed by atoms with E-state index in [1.807, 2.05) is 54.6 Å². The molecule has 2 aromatic rings. The molecule has 1 amide bonds. The summed E-state index contributed by atoms with van der Waals surface area (Å²) in [4.78, 5) is 12.1. The number of carbonyl (C=O) groups is 1. The van der Waals surface area contributed by atoms with Gasteiger partial charge in [-0.05, 0) is 42.6 Å². The number of piperidine rings is 1. The molecule has 1 aliphatic rings. The molecule has 3 rings (SSSR count). The number of hydrogen-bond donors (Lipinski definition) is 2. The van der Waals surface area contributed by atoms with Crippen LogP contribution in [-0.2, 0) is 17.9 Å². The molecule has 1 atom stereocenters. The Morgan fingerprint density at radius 2 is 1.83 bits per heavy atom. The van der Waals surface area contributed by atoms with Gasteiger partial charge in [0.15, 0.2) is 0 Å². The van der Waals surface area contributed by atoms with E-state index in [-0.39, 0.29) is 11.8 Å². The van der Waals surface area contributed by atoms with E-state index in [0.717, 1.165) is 42.8 Å². The quantitative estimate of drug-likeness (QED) is 0.859. The normalized spacial score (nSPS) is 17.2. The van der Waals surface area contributed by atoms with Crippen molar-refractivity contribution in [1.82, 2.24) is 10.6 Å². The van der Waals surface area contributed by atoms with Crippen molar-refractivity contribution in [3.8, 4) is 5.75 Å². The lowest BCUT2D eigenvalue weighted by Gasteiger charge is -2.21. The number of benzene rings is 2. The minimum atomic E-state index is 0.109. The van der Waals surface area contributed by atoms with E-state index < -0.39 is 0 Å². The Morgan fingerprint density at radius 1 is 1.08 bits per heavy atom. The highest BCUT2D eigenvalue weighted by atomic mass is 16.5. The summed E-state index contributed by atoms with van der Waals surface area (Å²) < 4.78 is 5.73. The zero-order valence-corrected chi connectivity index (χ0v) is 13.8. The van der Waals surface area contributed by atoms with Crippen LogP contribution < -0.4 is 15.4 Å². The number of para-hydroxylation sites is 1. The summed E-state index contributed by atoms with van der Waals surface area (Å²) in [6.45, 7) is 2.94. The highest BCUT2D eigenvalue weighted by molar-refractivity contribution is 5.78. The average Bonchev–Trinajstić information content (AvgIpc) is 2.67. The van der Waals surface area contributed by atoms with Gasteiger partial charge in [-0.15, -0.1) is 0 Å². The molecule has 4 heteroatoms. The van der Waals surface area contributed by atoms with Crippen LogP contribution in [0.1, 0.15) is 24.0 Å². The third-order valence-corrected chi connectivity index (χ3v) is 4.31. The van der Waals surface area contributed by atoms with Crippen molar-refractivity contribution in [3.63, 3.8) is 0 Å². The fourth-order valence-electron chi connectivity index (χ4n) is 2.85. The lowest BCUT2D eigenvalue weighted by molar-refractivity contribution is -0.125. The second-order valence-corrected chi connectivity index (χ2v) is 6.18. The molecular formula is C20H24N2O2. The van der Waals surface area contributed by atoms with Gasteiger partial charge < -0.3 is 15.4 Å². The molecule has 0 saturated carbocycles. The fraction of sp³-hybridized carbons (Fsp3) is 0.350. The maximum atomic E-state index is 12.1. The maximum Gasteiger partial charge on any atom is 0.224 e. The summed E-state index contributed by atoms with van der Waals surface area (Å²) in [6, 6.07) is 18.0. The maximum absolute atomic E-state index is 12.1. The molecule has 4 nitrogen and oxygen atoms in total. The predicted molar refractivity (Wildman–Crippen MR) is 94.7 cm³/mol. The van der Waals surface area contributed by atoms with Crippen LogP contribution in [0.5, 0.6) is 5.75 Å². The van der Waals surface area contributed by atoms with E-state index in [2.05, 4.69) is 10.6 Å². The van der Waals surface area contributed by atoms with Crippen LogP contribution >= 0.6 is 0 Å². The molecule has 1 heterocycles. The van der Waals surface area contributed by atoms with Gasteiger partial charge in [0.1, 0.15) is 12.4 Å². The van der Waals surface area contributed by atoms with Crippen molar-refractivity contribution in [2.45, 2.75) is 26.0 Å². The third-order valence-electron chi connectivity index (χ3n) is 4.31. The van der Waals surface area contributed by atoms with Gasteiger partial charge in [-0.2, -0.15) is 0 Å². The van der Waals surface area contributed by atoms with Gasteiger partial charge in [0.2, 0.25) is 5.91 Å². The van der Waals surface area contributed by atoms with E-state index in [4.69, 9.17) is 4.74 Å². The number of rotatable bonds is 6. The lowest BCUT2D eigenvalue weighted by atomic mass is 9.99. The first-order chi connectivity index (χ1) is 11.8. The summed E-state index contributed by atoms with van der Waals surface area (Å²) >= 11 is 0. The number of ether oxygens (including phenoxy) is 1. The standard InChI is InChI=1S/C20H24N2O2/c23-20(18-5-4-12-21-14-18)22-13-16-8-10-17(11-9-16)15-24-19-6-2-1-3-7-19/h1-3,6-11,18,21H,4-5,12-15H2,(H,22,23). The molecule has 126 valence electrons. The van der Waals surface area contributed by atoms with E-state index in [9.17, 15) is 4.79 Å². The smallest absolute Gasteiger partial charge is 0.224 e. The van der Waals surface area contributed by atoms with Crippen LogP contribution in [0.3, 0.4) is 0 Å². The zero-order valence-electron chi connectivity index (χ0n) is 13.8. The Kier molecular flexibility index (Phi) is 5.85. The molecule has 2 N–H and O–H groups in total. The van der Waals surface area contributed by atoms with Crippen LogP contribution in [0.15, 0.2) is 54.6 Å². The molecule has 2 aromatic carbocycles. The summed E-state index contributed by atoms with van der Waals surface area (Å²) in [6.07, 6.45) is 2.06. The van der Waals surface area contributed by atoms with Crippen LogP contribution in [-0.4, -0.2) is 19.0 Å². The summed E-state index contributed by atoms with van der Waals surface area (Å²) in [5, 5.41) is 6.31. The van der Waals surface area contributed by atoms with Crippen molar-refractivity contribution < 1.29 is 9.53 Å². The van der Waals surface area contributed by atoms with Crippen molar-refractivity contribution in [2.24, 2.45) is 5.92 Å². The molecule has 1 saturated heterocycles. The van der Waals surface area contributed by atoms with Crippen molar-refractivity contribution >= 4 is 5.91 Å². The SMILES string of the molecule is O=C(NCc1ccc(COc2ccccc2)cc1)C1CCCNC1. The Balaban J connectivity index is 1.45. The molecule has 24 heavy (non-hydrogen) atoms. The Bertz CT molecular complexity index is 634. The molecule has 0 aliphatic carbocycles. The molecule has 0 bridgehead atoms. The van der Waals surface area contributed by atoms with E-state index in [1.165, 1.54) is 0 Å². The Hall–Kier alpha value is -2.33. The first-order valence-corrected chi connectivity index (χ1v) is 8.55. The Labute approximate surface area is 143 Å². The van der Waals surface area contributed by atoms with E-state index >= 15 is 0 Å². The van der Waals surface area contributed by atoms with Crippen molar-refractivity contribution in [2.75, 3.05) is 13.1 Å². The van der Waals surface area contributed by atoms with Gasteiger partial charge >= 0.3 is 0 Å². The first kappa shape index (κ1) is 16.5. The molecule has 1 aliphatic heterocycles. The highest BCUT2D eigenvalue weighted by Crippen LogP contribution is 2.13. The number of carbonyl (C=O) groups excluding carboxylic acids is 1. The van der Waals surface area contributed by atoms with Gasteiger partial charge in [-0.1, -0.05) is 42.5 Å². The first-order valence-electron chi connectivity index (χ1n) is 8.55. The van der Waals surface area contributed by atoms with Gasteiger partial charge in [0.05, 0.1) is 5.92 Å². The van der Waals surface area contributed by atoms with Crippen molar-refractivity contribution in [3.05, 3.63) is 65.7 Å². The monoisotopic (exact) mass is 324 g/mol. The van der Waals surface area contributed by atoms with Gasteiger partial charge in [-0.3, -0.25) is 4.79 Å². The molecule has 0 spiro atoms. The topological polar surface area (TPSA) is 50.4 Å². The van der Waals surface area contributed by atoms with Gasteiger partial charge in [-0.25, -0.2) is 0 Å². The predicted octanol–water partition coefficient (Wildman–Crippen LogP) is 2.88. The number of amides is 1. The summed E-state index contributed by atoms with van der Waals surface area (Å²) in [7, 11) is 0. The minimum absolute atomic E-state index is 0.109. The second-order valence-electron chi connectivity index (χ2n) is 6.18. The van der Waals surface area contributed by atoms with Crippen LogP contribution in [0.25, 0.3) is 0 Å². The van der Waals surface area contributed by atoms with E-state index in [0.29, 0.717) is 13.2 Å². The van der Waals surface area contributed by atoms with Gasteiger partial charge in [0, 0.05) is 13.1 Å². The molecule has 0 radical (unpaired) electrons. The molecular weight excluding hydrogens is 300 g/mol. The molecule has 0 aromatic heterocycles. The van der Waals surface area contributed by atoms with Crippen LogP contribution in [0, 0.1) is 5.92 Å². The van der Waals surface area contributed by atoms with Crippen LogP contribution in [0.2, 0.25) is 0 Å². The largest absolute Gasteiger partial charge is 0.489 e.